The van der Waals surface area contributed by atoms with Crippen LogP contribution in [0, 0.1) is 0 Å². The highest BCUT2D eigenvalue weighted by Gasteiger charge is 2.28. The van der Waals surface area contributed by atoms with Gasteiger partial charge in [-0.2, -0.15) is 0 Å². The first-order valence-corrected chi connectivity index (χ1v) is 8.05. The van der Waals surface area contributed by atoms with Crippen LogP contribution >= 0.6 is 0 Å². The molecule has 1 amide bonds. The number of amides is 1. The Bertz CT molecular complexity index is 529. The van der Waals surface area contributed by atoms with Crippen molar-refractivity contribution in [1.82, 2.24) is 15.1 Å². The number of carbonyl (C=O) groups is 1. The van der Waals surface area contributed by atoms with Gasteiger partial charge in [0.2, 0.25) is 0 Å². The normalized spacial score (nSPS) is 23.0. The molecule has 1 fully saturated rings. The molecule has 0 bridgehead atoms. The molecular weight excluding hydrogens is 262 g/mol. The van der Waals surface area contributed by atoms with E-state index >= 15 is 0 Å². The molecule has 2 aliphatic heterocycles. The van der Waals surface area contributed by atoms with E-state index in [1.807, 2.05) is 17.0 Å². The van der Waals surface area contributed by atoms with Gasteiger partial charge in [0.05, 0.1) is 0 Å². The molecule has 0 aliphatic carbocycles. The van der Waals surface area contributed by atoms with Crippen LogP contribution in [-0.2, 0) is 13.0 Å². The van der Waals surface area contributed by atoms with E-state index in [0.717, 1.165) is 51.3 Å². The number of piperazine rings is 1. The van der Waals surface area contributed by atoms with Gasteiger partial charge in [-0.3, -0.25) is 9.69 Å². The first-order valence-electron chi connectivity index (χ1n) is 8.05. The molecule has 4 heteroatoms. The number of nitrogens with zero attached hydrogens (tertiary/aromatic N) is 2. The Hall–Kier alpha value is -1.39. The zero-order chi connectivity index (χ0) is 14.8. The SMILES string of the molecule is CCN1CCN(C(=O)c2cccc3c2CCNC3)CC1C. The monoisotopic (exact) mass is 287 g/mol. The summed E-state index contributed by atoms with van der Waals surface area (Å²) in [5, 5.41) is 3.38. The van der Waals surface area contributed by atoms with E-state index in [0.29, 0.717) is 6.04 Å². The molecule has 4 nitrogen and oxygen atoms in total. The predicted octanol–water partition coefficient (Wildman–Crippen LogP) is 1.50. The Balaban J connectivity index is 1.80. The van der Waals surface area contributed by atoms with Crippen molar-refractivity contribution in [1.29, 1.82) is 0 Å². The smallest absolute Gasteiger partial charge is 0.254 e. The molecule has 0 aromatic heterocycles. The summed E-state index contributed by atoms with van der Waals surface area (Å²) in [6.45, 7) is 10.00. The minimum atomic E-state index is 0.219. The van der Waals surface area contributed by atoms with Crippen LogP contribution < -0.4 is 5.32 Å². The van der Waals surface area contributed by atoms with Crippen LogP contribution in [0.15, 0.2) is 18.2 Å². The summed E-state index contributed by atoms with van der Waals surface area (Å²) in [5.74, 6) is 0.219. The number of carbonyl (C=O) groups excluding carboxylic acids is 1. The fourth-order valence-corrected chi connectivity index (χ4v) is 3.55. The van der Waals surface area contributed by atoms with E-state index in [1.165, 1.54) is 11.1 Å². The van der Waals surface area contributed by atoms with Crippen LogP contribution in [0.2, 0.25) is 0 Å². The maximum Gasteiger partial charge on any atom is 0.254 e. The summed E-state index contributed by atoms with van der Waals surface area (Å²) < 4.78 is 0. The van der Waals surface area contributed by atoms with Crippen LogP contribution in [0.5, 0.6) is 0 Å². The van der Waals surface area contributed by atoms with Gasteiger partial charge >= 0.3 is 0 Å². The van der Waals surface area contributed by atoms with Crippen LogP contribution in [0.25, 0.3) is 0 Å². The Kier molecular flexibility index (Phi) is 4.27. The summed E-state index contributed by atoms with van der Waals surface area (Å²) in [6, 6.07) is 6.61. The molecular formula is C17H25N3O. The molecule has 21 heavy (non-hydrogen) atoms. The van der Waals surface area contributed by atoms with Crippen molar-refractivity contribution in [2.45, 2.75) is 32.9 Å². The van der Waals surface area contributed by atoms with Crippen molar-refractivity contribution in [3.8, 4) is 0 Å². The van der Waals surface area contributed by atoms with Crippen LogP contribution in [0.3, 0.4) is 0 Å². The Labute approximate surface area is 127 Å². The minimum Gasteiger partial charge on any atom is -0.336 e. The molecule has 1 atom stereocenters. The van der Waals surface area contributed by atoms with Gasteiger partial charge in [-0.15, -0.1) is 0 Å². The second-order valence-electron chi connectivity index (χ2n) is 6.10. The zero-order valence-corrected chi connectivity index (χ0v) is 13.1. The quantitative estimate of drug-likeness (QED) is 0.895. The van der Waals surface area contributed by atoms with Crippen molar-refractivity contribution >= 4 is 5.91 Å². The molecule has 114 valence electrons. The van der Waals surface area contributed by atoms with Gasteiger partial charge < -0.3 is 10.2 Å². The van der Waals surface area contributed by atoms with Crippen molar-refractivity contribution < 1.29 is 4.79 Å². The zero-order valence-electron chi connectivity index (χ0n) is 13.1. The minimum absolute atomic E-state index is 0.219. The van der Waals surface area contributed by atoms with E-state index in [4.69, 9.17) is 0 Å². The average Bonchev–Trinajstić information content (AvgIpc) is 2.53. The third-order valence-electron chi connectivity index (χ3n) is 4.83. The van der Waals surface area contributed by atoms with Crippen molar-refractivity contribution in [2.75, 3.05) is 32.7 Å². The van der Waals surface area contributed by atoms with Crippen molar-refractivity contribution in [3.05, 3.63) is 34.9 Å². The van der Waals surface area contributed by atoms with Gasteiger partial charge in [0, 0.05) is 37.8 Å². The Morgan fingerprint density at radius 1 is 1.38 bits per heavy atom. The number of fused-ring (bicyclic) bond motifs is 1. The first kappa shape index (κ1) is 14.5. The molecule has 1 N–H and O–H groups in total. The summed E-state index contributed by atoms with van der Waals surface area (Å²) in [6.07, 6.45) is 0.960. The topological polar surface area (TPSA) is 35.6 Å². The van der Waals surface area contributed by atoms with Gasteiger partial charge in [0.1, 0.15) is 0 Å². The van der Waals surface area contributed by atoms with Gasteiger partial charge in [-0.05, 0) is 43.6 Å². The molecule has 1 aromatic carbocycles. The number of rotatable bonds is 2. The lowest BCUT2D eigenvalue weighted by Gasteiger charge is -2.39. The lowest BCUT2D eigenvalue weighted by molar-refractivity contribution is 0.0527. The fourth-order valence-electron chi connectivity index (χ4n) is 3.55. The molecule has 1 saturated heterocycles. The molecule has 3 rings (SSSR count). The van der Waals surface area contributed by atoms with E-state index in [2.05, 4.69) is 30.1 Å². The standard InChI is InChI=1S/C17H25N3O/c1-3-19-9-10-20(12-13(19)2)17(21)16-6-4-5-14-11-18-8-7-15(14)16/h4-6,13,18H,3,7-12H2,1-2H3. The van der Waals surface area contributed by atoms with E-state index in [-0.39, 0.29) is 5.91 Å². The fraction of sp³-hybridized carbons (Fsp3) is 0.588. The predicted molar refractivity (Wildman–Crippen MR) is 84.5 cm³/mol. The summed E-state index contributed by atoms with van der Waals surface area (Å²) in [5.41, 5.74) is 3.46. The number of nitrogens with one attached hydrogen (secondary N) is 1. The highest BCUT2D eigenvalue weighted by molar-refractivity contribution is 5.96. The molecule has 2 heterocycles. The van der Waals surface area contributed by atoms with Gasteiger partial charge in [-0.1, -0.05) is 19.1 Å². The maximum atomic E-state index is 12.9. The van der Waals surface area contributed by atoms with Gasteiger partial charge in [0.15, 0.2) is 0 Å². The first-order chi connectivity index (χ1) is 10.2. The Morgan fingerprint density at radius 3 is 3.00 bits per heavy atom. The van der Waals surface area contributed by atoms with Gasteiger partial charge in [-0.25, -0.2) is 0 Å². The van der Waals surface area contributed by atoms with Crippen LogP contribution in [-0.4, -0.2) is 54.5 Å². The van der Waals surface area contributed by atoms with Crippen molar-refractivity contribution in [2.24, 2.45) is 0 Å². The maximum absolute atomic E-state index is 12.9. The van der Waals surface area contributed by atoms with Crippen molar-refractivity contribution in [3.63, 3.8) is 0 Å². The third kappa shape index (κ3) is 2.83. The molecule has 1 aromatic rings. The lowest BCUT2D eigenvalue weighted by atomic mass is 9.94. The number of benzene rings is 1. The molecule has 0 spiro atoms. The summed E-state index contributed by atoms with van der Waals surface area (Å²) >= 11 is 0. The molecule has 1 unspecified atom stereocenters. The van der Waals surface area contributed by atoms with Crippen LogP contribution in [0.4, 0.5) is 0 Å². The second kappa shape index (κ2) is 6.16. The van der Waals surface area contributed by atoms with Gasteiger partial charge in [0.25, 0.3) is 5.91 Å². The van der Waals surface area contributed by atoms with Crippen LogP contribution in [0.1, 0.15) is 35.3 Å². The average molecular weight is 287 g/mol. The number of likely N-dealkylation sites (N-methyl/N-ethyl adjacent to an activating group) is 1. The third-order valence-corrected chi connectivity index (χ3v) is 4.83. The Morgan fingerprint density at radius 2 is 2.24 bits per heavy atom. The second-order valence-corrected chi connectivity index (χ2v) is 6.10. The highest BCUT2D eigenvalue weighted by Crippen LogP contribution is 2.21. The number of hydrogen-bond donors (Lipinski definition) is 1. The lowest BCUT2D eigenvalue weighted by Crippen LogP contribution is -2.53. The summed E-state index contributed by atoms with van der Waals surface area (Å²) in [7, 11) is 0. The molecule has 2 aliphatic rings. The molecule has 0 radical (unpaired) electrons. The highest BCUT2D eigenvalue weighted by atomic mass is 16.2. The van der Waals surface area contributed by atoms with E-state index in [1.54, 1.807) is 0 Å². The summed E-state index contributed by atoms with van der Waals surface area (Å²) in [4.78, 5) is 17.4. The van der Waals surface area contributed by atoms with E-state index < -0.39 is 0 Å². The van der Waals surface area contributed by atoms with E-state index in [9.17, 15) is 4.79 Å². The largest absolute Gasteiger partial charge is 0.336 e. The number of hydrogen-bond acceptors (Lipinski definition) is 3. The molecule has 0 saturated carbocycles.